The quantitative estimate of drug-likeness (QED) is 0.710. The first kappa shape index (κ1) is 17.5. The van der Waals surface area contributed by atoms with E-state index in [0.29, 0.717) is 17.2 Å². The number of benzene rings is 2. The number of para-hydroxylation sites is 3. The van der Waals surface area contributed by atoms with Crippen LogP contribution < -0.4 is 15.4 Å². The Morgan fingerprint density at radius 3 is 2.62 bits per heavy atom. The average Bonchev–Trinajstić information content (AvgIpc) is 3.05. The Balaban J connectivity index is 1.59. The fraction of sp³-hybridized carbons (Fsp3) is 0.200. The largest absolute Gasteiger partial charge is 0.482 e. The summed E-state index contributed by atoms with van der Waals surface area (Å²) in [5.74, 6) is 0.632. The van der Waals surface area contributed by atoms with Gasteiger partial charge in [-0.1, -0.05) is 30.3 Å². The maximum atomic E-state index is 12.2. The van der Waals surface area contributed by atoms with E-state index in [1.807, 2.05) is 37.3 Å². The maximum absolute atomic E-state index is 12.2. The Bertz CT molecular complexity index is 899. The Hall–Kier alpha value is -3.28. The molecule has 0 bridgehead atoms. The lowest BCUT2D eigenvalue weighted by atomic mass is 10.2. The fourth-order valence-electron chi connectivity index (χ4n) is 2.60. The van der Waals surface area contributed by atoms with Gasteiger partial charge in [-0.15, -0.1) is 0 Å². The van der Waals surface area contributed by atoms with E-state index in [1.165, 1.54) is 6.92 Å². The molecule has 1 heterocycles. The zero-order chi connectivity index (χ0) is 18.5. The number of ether oxygens (including phenoxy) is 1. The molecular formula is C20H20N2O4. The highest BCUT2D eigenvalue weighted by Gasteiger charge is 2.15. The second-order valence-corrected chi connectivity index (χ2v) is 5.94. The number of furan rings is 1. The normalized spacial score (nSPS) is 11.8. The first-order valence-electron chi connectivity index (χ1n) is 8.30. The van der Waals surface area contributed by atoms with Crippen molar-refractivity contribution < 1.29 is 18.7 Å². The van der Waals surface area contributed by atoms with Gasteiger partial charge in [-0.25, -0.2) is 0 Å². The van der Waals surface area contributed by atoms with Gasteiger partial charge in [-0.2, -0.15) is 0 Å². The molecule has 0 radical (unpaired) electrons. The Kier molecular flexibility index (Phi) is 5.22. The molecule has 0 aliphatic rings. The van der Waals surface area contributed by atoms with Gasteiger partial charge in [0.05, 0.1) is 11.7 Å². The molecule has 26 heavy (non-hydrogen) atoms. The Morgan fingerprint density at radius 1 is 1.12 bits per heavy atom. The van der Waals surface area contributed by atoms with E-state index in [1.54, 1.807) is 24.3 Å². The highest BCUT2D eigenvalue weighted by molar-refractivity contribution is 5.90. The predicted molar refractivity (Wildman–Crippen MR) is 99.0 cm³/mol. The first-order valence-corrected chi connectivity index (χ1v) is 8.30. The van der Waals surface area contributed by atoms with E-state index in [-0.39, 0.29) is 24.5 Å². The predicted octanol–water partition coefficient (Wildman–Crippen LogP) is 3.65. The number of anilines is 1. The molecule has 6 heteroatoms. The van der Waals surface area contributed by atoms with Crippen molar-refractivity contribution in [3.63, 3.8) is 0 Å². The van der Waals surface area contributed by atoms with E-state index in [2.05, 4.69) is 10.6 Å². The number of amides is 2. The number of fused-ring (bicyclic) bond motifs is 1. The molecule has 1 aromatic heterocycles. The summed E-state index contributed by atoms with van der Waals surface area (Å²) < 4.78 is 11.3. The lowest BCUT2D eigenvalue weighted by Gasteiger charge is -2.14. The molecule has 2 aromatic carbocycles. The number of carbonyl (C=O) groups excluding carboxylic acids is 2. The second kappa shape index (κ2) is 7.74. The van der Waals surface area contributed by atoms with E-state index in [0.717, 1.165) is 11.0 Å². The fourth-order valence-corrected chi connectivity index (χ4v) is 2.60. The topological polar surface area (TPSA) is 80.6 Å². The number of hydrogen-bond acceptors (Lipinski definition) is 4. The van der Waals surface area contributed by atoms with Gasteiger partial charge >= 0.3 is 0 Å². The molecular weight excluding hydrogens is 332 g/mol. The summed E-state index contributed by atoms with van der Waals surface area (Å²) in [7, 11) is 0. The summed E-state index contributed by atoms with van der Waals surface area (Å²) in [6, 6.07) is 16.3. The molecule has 0 spiro atoms. The van der Waals surface area contributed by atoms with Gasteiger partial charge in [0.1, 0.15) is 17.1 Å². The van der Waals surface area contributed by atoms with Crippen LogP contribution in [0.1, 0.15) is 25.6 Å². The summed E-state index contributed by atoms with van der Waals surface area (Å²) in [5, 5.41) is 6.50. The van der Waals surface area contributed by atoms with Crippen molar-refractivity contribution in [2.75, 3.05) is 11.9 Å². The zero-order valence-corrected chi connectivity index (χ0v) is 14.6. The van der Waals surface area contributed by atoms with E-state index in [9.17, 15) is 9.59 Å². The Labute approximate surface area is 151 Å². The van der Waals surface area contributed by atoms with Crippen molar-refractivity contribution in [3.8, 4) is 5.75 Å². The summed E-state index contributed by atoms with van der Waals surface area (Å²) in [6.45, 7) is 3.10. The number of nitrogens with one attached hydrogen (secondary N) is 2. The van der Waals surface area contributed by atoms with Crippen LogP contribution in [0, 0.1) is 0 Å². The van der Waals surface area contributed by atoms with Crippen LogP contribution in [0.2, 0.25) is 0 Å². The van der Waals surface area contributed by atoms with Crippen molar-refractivity contribution in [1.29, 1.82) is 0 Å². The zero-order valence-electron chi connectivity index (χ0n) is 14.6. The molecule has 2 N–H and O–H groups in total. The molecule has 1 unspecified atom stereocenters. The van der Waals surface area contributed by atoms with Crippen LogP contribution in [0.25, 0.3) is 11.0 Å². The van der Waals surface area contributed by atoms with E-state index in [4.69, 9.17) is 9.15 Å². The standard InChI is InChI=1S/C20H20N2O4/c1-13(19-11-15-7-3-5-9-17(15)26-19)21-20(24)12-25-18-10-6-4-8-16(18)22-14(2)23/h3-11,13H,12H2,1-2H3,(H,21,24)(H,22,23). The molecule has 1 atom stereocenters. The summed E-state index contributed by atoms with van der Waals surface area (Å²) in [6.07, 6.45) is 0. The van der Waals surface area contributed by atoms with Crippen LogP contribution in [0.4, 0.5) is 5.69 Å². The third kappa shape index (κ3) is 4.22. The van der Waals surface area contributed by atoms with Crippen molar-refractivity contribution in [2.45, 2.75) is 19.9 Å². The Morgan fingerprint density at radius 2 is 1.85 bits per heavy atom. The van der Waals surface area contributed by atoms with Crippen LogP contribution in [0.15, 0.2) is 59.0 Å². The first-order chi connectivity index (χ1) is 12.5. The van der Waals surface area contributed by atoms with Gasteiger partial charge in [-0.3, -0.25) is 9.59 Å². The third-order valence-electron chi connectivity index (χ3n) is 3.81. The van der Waals surface area contributed by atoms with E-state index >= 15 is 0 Å². The molecule has 6 nitrogen and oxygen atoms in total. The minimum absolute atomic E-state index is 0.166. The minimum atomic E-state index is -0.288. The summed E-state index contributed by atoms with van der Waals surface area (Å²) in [5.41, 5.74) is 1.31. The molecule has 0 aliphatic carbocycles. The number of carbonyl (C=O) groups is 2. The van der Waals surface area contributed by atoms with Crippen LogP contribution >= 0.6 is 0 Å². The van der Waals surface area contributed by atoms with Crippen LogP contribution in [0.5, 0.6) is 5.75 Å². The van der Waals surface area contributed by atoms with Gasteiger partial charge in [0, 0.05) is 12.3 Å². The maximum Gasteiger partial charge on any atom is 0.258 e. The second-order valence-electron chi connectivity index (χ2n) is 5.94. The van der Waals surface area contributed by atoms with Gasteiger partial charge in [0.2, 0.25) is 5.91 Å². The van der Waals surface area contributed by atoms with Crippen molar-refractivity contribution in [2.24, 2.45) is 0 Å². The van der Waals surface area contributed by atoms with E-state index < -0.39 is 0 Å². The molecule has 134 valence electrons. The lowest BCUT2D eigenvalue weighted by Crippen LogP contribution is -2.31. The molecule has 3 rings (SSSR count). The minimum Gasteiger partial charge on any atom is -0.482 e. The number of hydrogen-bond donors (Lipinski definition) is 2. The van der Waals surface area contributed by atoms with Crippen molar-refractivity contribution >= 4 is 28.5 Å². The van der Waals surface area contributed by atoms with Crippen molar-refractivity contribution in [1.82, 2.24) is 5.32 Å². The smallest absolute Gasteiger partial charge is 0.258 e. The lowest BCUT2D eigenvalue weighted by molar-refractivity contribution is -0.123. The van der Waals surface area contributed by atoms with Crippen LogP contribution in [0.3, 0.4) is 0 Å². The van der Waals surface area contributed by atoms with Gasteiger partial charge in [-0.05, 0) is 31.2 Å². The average molecular weight is 352 g/mol. The summed E-state index contributed by atoms with van der Waals surface area (Å²) in [4.78, 5) is 23.4. The van der Waals surface area contributed by atoms with Gasteiger partial charge < -0.3 is 19.8 Å². The third-order valence-corrected chi connectivity index (χ3v) is 3.81. The van der Waals surface area contributed by atoms with Crippen molar-refractivity contribution in [3.05, 3.63) is 60.4 Å². The van der Waals surface area contributed by atoms with Crippen LogP contribution in [-0.4, -0.2) is 18.4 Å². The van der Waals surface area contributed by atoms with Gasteiger partial charge in [0.25, 0.3) is 5.91 Å². The molecule has 0 fully saturated rings. The number of rotatable bonds is 6. The van der Waals surface area contributed by atoms with Gasteiger partial charge in [0.15, 0.2) is 6.61 Å². The highest BCUT2D eigenvalue weighted by Crippen LogP contribution is 2.25. The van der Waals surface area contributed by atoms with Crippen LogP contribution in [-0.2, 0) is 9.59 Å². The molecule has 0 saturated carbocycles. The molecule has 0 saturated heterocycles. The monoisotopic (exact) mass is 352 g/mol. The molecule has 3 aromatic rings. The summed E-state index contributed by atoms with van der Waals surface area (Å²) >= 11 is 0. The SMILES string of the molecule is CC(=O)Nc1ccccc1OCC(=O)NC(C)c1cc2ccccc2o1. The molecule has 0 aliphatic heterocycles. The molecule has 2 amide bonds. The highest BCUT2D eigenvalue weighted by atomic mass is 16.5.